The number of carbonyl (C=O) groups is 1. The molecule has 0 aliphatic rings. The average Bonchev–Trinajstić information content (AvgIpc) is 3.31. The van der Waals surface area contributed by atoms with Gasteiger partial charge in [-0.1, -0.05) is 31.2 Å². The van der Waals surface area contributed by atoms with Crippen LogP contribution in [0.4, 0.5) is 0 Å². The van der Waals surface area contributed by atoms with E-state index in [1.54, 1.807) is 7.11 Å². The molecule has 2 aromatic carbocycles. The molecule has 7 nitrogen and oxygen atoms in total. The summed E-state index contributed by atoms with van der Waals surface area (Å²) in [5.74, 6) is 0.629. The van der Waals surface area contributed by atoms with E-state index >= 15 is 0 Å². The maximum absolute atomic E-state index is 13.3. The number of aromatic nitrogens is 3. The molecule has 0 aliphatic heterocycles. The molecule has 0 fully saturated rings. The predicted octanol–water partition coefficient (Wildman–Crippen LogP) is 5.02. The number of benzene rings is 2. The molecule has 1 amide bonds. The summed E-state index contributed by atoms with van der Waals surface area (Å²) in [5, 5.41) is 11.3. The number of nitrogens with one attached hydrogen (secondary N) is 2. The van der Waals surface area contributed by atoms with Gasteiger partial charge in [0, 0.05) is 31.4 Å². The molecule has 7 heteroatoms. The van der Waals surface area contributed by atoms with Crippen LogP contribution in [0.15, 0.2) is 54.6 Å². The fourth-order valence-corrected chi connectivity index (χ4v) is 3.87. The zero-order valence-electron chi connectivity index (χ0n) is 19.9. The minimum Gasteiger partial charge on any atom is -0.494 e. The van der Waals surface area contributed by atoms with Crippen LogP contribution in [-0.4, -0.2) is 48.0 Å². The van der Waals surface area contributed by atoms with E-state index in [-0.39, 0.29) is 5.91 Å². The second kappa shape index (κ2) is 10.9. The third-order valence-corrected chi connectivity index (χ3v) is 5.69. The third-order valence-electron chi connectivity index (χ3n) is 5.69. The number of H-pyrrole nitrogens is 1. The standard InChI is InChI=1S/C27H30N4O3/c1-4-18-7-9-20(10-8-18)25-24-22(27(32)28-15-6-16-33-3)17-23(29-26(24)31-30-25)19-11-13-21(14-12-19)34-5-2/h7-14,17H,4-6,15-16H2,1-3H3,(H,28,32)(H,29,30,31). The second-order valence-electron chi connectivity index (χ2n) is 7.96. The van der Waals surface area contributed by atoms with Crippen molar-refractivity contribution in [3.05, 3.63) is 65.7 Å². The SMILES string of the molecule is CCOc1ccc(-c2cc(C(=O)NCCCOC)c3c(-c4ccc(CC)cc4)[nH]nc3n2)cc1. The fraction of sp³-hybridized carbons (Fsp3) is 0.296. The van der Waals surface area contributed by atoms with Gasteiger partial charge in [0.25, 0.3) is 5.91 Å². The molecule has 0 spiro atoms. The lowest BCUT2D eigenvalue weighted by Gasteiger charge is -2.10. The number of hydrogen-bond acceptors (Lipinski definition) is 5. The van der Waals surface area contributed by atoms with E-state index in [0.717, 1.165) is 35.4 Å². The molecule has 0 aliphatic carbocycles. The molecule has 0 unspecified atom stereocenters. The zero-order chi connectivity index (χ0) is 23.9. The molecular weight excluding hydrogens is 428 g/mol. The number of carbonyl (C=O) groups excluding carboxylic acids is 1. The average molecular weight is 459 g/mol. The Balaban J connectivity index is 1.78. The number of rotatable bonds is 10. The predicted molar refractivity (Wildman–Crippen MR) is 134 cm³/mol. The number of aromatic amines is 1. The van der Waals surface area contributed by atoms with Crippen molar-refractivity contribution in [3.8, 4) is 28.3 Å². The Kier molecular flexibility index (Phi) is 7.54. The van der Waals surface area contributed by atoms with E-state index in [9.17, 15) is 4.79 Å². The van der Waals surface area contributed by atoms with Gasteiger partial charge >= 0.3 is 0 Å². The Hall–Kier alpha value is -3.71. The van der Waals surface area contributed by atoms with E-state index < -0.39 is 0 Å². The quantitative estimate of drug-likeness (QED) is 0.326. The molecule has 0 radical (unpaired) electrons. The maximum Gasteiger partial charge on any atom is 0.252 e. The van der Waals surface area contributed by atoms with Gasteiger partial charge in [-0.3, -0.25) is 9.89 Å². The van der Waals surface area contributed by atoms with Gasteiger partial charge in [-0.15, -0.1) is 0 Å². The van der Waals surface area contributed by atoms with Crippen molar-refractivity contribution in [1.29, 1.82) is 0 Å². The number of amides is 1. The lowest BCUT2D eigenvalue weighted by Crippen LogP contribution is -2.25. The van der Waals surface area contributed by atoms with Gasteiger partial charge < -0.3 is 14.8 Å². The van der Waals surface area contributed by atoms with Crippen LogP contribution in [0.25, 0.3) is 33.5 Å². The normalized spacial score (nSPS) is 11.0. The first-order valence-electron chi connectivity index (χ1n) is 11.6. The first-order chi connectivity index (χ1) is 16.6. The zero-order valence-corrected chi connectivity index (χ0v) is 19.9. The largest absolute Gasteiger partial charge is 0.494 e. The minimum absolute atomic E-state index is 0.163. The Bertz CT molecular complexity index is 1250. The molecule has 0 saturated heterocycles. The van der Waals surface area contributed by atoms with Gasteiger partial charge in [0.1, 0.15) is 5.75 Å². The van der Waals surface area contributed by atoms with E-state index in [4.69, 9.17) is 14.5 Å². The smallest absolute Gasteiger partial charge is 0.252 e. The van der Waals surface area contributed by atoms with Crippen LogP contribution in [-0.2, 0) is 11.2 Å². The summed E-state index contributed by atoms with van der Waals surface area (Å²) in [6, 6.07) is 17.8. The lowest BCUT2D eigenvalue weighted by molar-refractivity contribution is 0.0950. The molecule has 2 N–H and O–H groups in total. The van der Waals surface area contributed by atoms with Crippen molar-refractivity contribution < 1.29 is 14.3 Å². The topological polar surface area (TPSA) is 89.1 Å². The fourth-order valence-electron chi connectivity index (χ4n) is 3.87. The third kappa shape index (κ3) is 5.10. The summed E-state index contributed by atoms with van der Waals surface area (Å²) in [5.41, 5.74) is 5.60. The Morgan fingerprint density at radius 2 is 1.76 bits per heavy atom. The number of pyridine rings is 1. The van der Waals surface area contributed by atoms with Gasteiger partial charge in [0.05, 0.1) is 28.9 Å². The van der Waals surface area contributed by atoms with Crippen molar-refractivity contribution >= 4 is 16.9 Å². The van der Waals surface area contributed by atoms with Gasteiger partial charge in [-0.2, -0.15) is 5.10 Å². The van der Waals surface area contributed by atoms with Crippen LogP contribution < -0.4 is 10.1 Å². The molecule has 0 atom stereocenters. The van der Waals surface area contributed by atoms with E-state index in [0.29, 0.717) is 42.0 Å². The number of hydrogen-bond donors (Lipinski definition) is 2. The number of nitrogens with zero attached hydrogens (tertiary/aromatic N) is 2. The summed E-state index contributed by atoms with van der Waals surface area (Å²) < 4.78 is 10.7. The van der Waals surface area contributed by atoms with Crippen LogP contribution in [0.1, 0.15) is 36.2 Å². The molecule has 4 aromatic rings. The highest BCUT2D eigenvalue weighted by molar-refractivity contribution is 6.11. The van der Waals surface area contributed by atoms with E-state index in [2.05, 4.69) is 34.6 Å². The number of ether oxygens (including phenoxy) is 2. The van der Waals surface area contributed by atoms with Crippen molar-refractivity contribution in [3.63, 3.8) is 0 Å². The van der Waals surface area contributed by atoms with Gasteiger partial charge in [-0.25, -0.2) is 4.98 Å². The van der Waals surface area contributed by atoms with Crippen LogP contribution in [0.5, 0.6) is 5.75 Å². The molecule has 2 heterocycles. The van der Waals surface area contributed by atoms with E-state index in [1.165, 1.54) is 5.56 Å². The first-order valence-corrected chi connectivity index (χ1v) is 11.6. The number of methoxy groups -OCH3 is 1. The Morgan fingerprint density at radius 1 is 1.03 bits per heavy atom. The summed E-state index contributed by atoms with van der Waals surface area (Å²) in [4.78, 5) is 18.1. The van der Waals surface area contributed by atoms with Crippen LogP contribution >= 0.6 is 0 Å². The van der Waals surface area contributed by atoms with Crippen molar-refractivity contribution in [1.82, 2.24) is 20.5 Å². The molecule has 0 saturated carbocycles. The van der Waals surface area contributed by atoms with Crippen molar-refractivity contribution in [2.75, 3.05) is 26.9 Å². The lowest BCUT2D eigenvalue weighted by atomic mass is 10.0. The van der Waals surface area contributed by atoms with Crippen LogP contribution in [0.3, 0.4) is 0 Å². The number of fused-ring (bicyclic) bond motifs is 1. The highest BCUT2D eigenvalue weighted by Gasteiger charge is 2.20. The molecule has 34 heavy (non-hydrogen) atoms. The van der Waals surface area contributed by atoms with Crippen molar-refractivity contribution in [2.24, 2.45) is 0 Å². The van der Waals surface area contributed by atoms with Gasteiger partial charge in [-0.05, 0) is 55.7 Å². The van der Waals surface area contributed by atoms with Crippen LogP contribution in [0.2, 0.25) is 0 Å². The van der Waals surface area contributed by atoms with Gasteiger partial charge in [0.15, 0.2) is 5.65 Å². The van der Waals surface area contributed by atoms with Crippen molar-refractivity contribution in [2.45, 2.75) is 26.7 Å². The highest BCUT2D eigenvalue weighted by atomic mass is 16.5. The minimum atomic E-state index is -0.163. The molecule has 4 rings (SSSR count). The maximum atomic E-state index is 13.3. The molecule has 2 aromatic heterocycles. The Morgan fingerprint density at radius 3 is 2.44 bits per heavy atom. The molecular formula is C27H30N4O3. The monoisotopic (exact) mass is 458 g/mol. The van der Waals surface area contributed by atoms with Gasteiger partial charge in [0.2, 0.25) is 0 Å². The summed E-state index contributed by atoms with van der Waals surface area (Å²) in [6.07, 6.45) is 1.70. The highest BCUT2D eigenvalue weighted by Crippen LogP contribution is 2.32. The summed E-state index contributed by atoms with van der Waals surface area (Å²) in [6.45, 7) is 5.79. The van der Waals surface area contributed by atoms with Crippen LogP contribution in [0, 0.1) is 0 Å². The van der Waals surface area contributed by atoms with E-state index in [1.807, 2.05) is 49.4 Å². The summed E-state index contributed by atoms with van der Waals surface area (Å²) in [7, 11) is 1.65. The summed E-state index contributed by atoms with van der Waals surface area (Å²) >= 11 is 0. The first kappa shape index (κ1) is 23.4. The molecule has 176 valence electrons. The Labute approximate surface area is 199 Å². The second-order valence-corrected chi connectivity index (χ2v) is 7.96. The molecule has 0 bridgehead atoms. The number of aryl methyl sites for hydroxylation is 1.